The Morgan fingerprint density at radius 2 is 1.04 bits per heavy atom. The molecule has 0 radical (unpaired) electrons. The molecule has 26 heavy (non-hydrogen) atoms. The van der Waals surface area contributed by atoms with Crippen LogP contribution in [0.25, 0.3) is 12.2 Å². The fourth-order valence-electron chi connectivity index (χ4n) is 1.98. The summed E-state index contributed by atoms with van der Waals surface area (Å²) in [4.78, 5) is 23.3. The zero-order valence-electron chi connectivity index (χ0n) is 13.9. The SMILES string of the molecule is O=C(/C=C/c1ccc(F)cc1)NCCNC(=O)/C=C/c1ccc(F)cc1. The highest BCUT2D eigenvalue weighted by molar-refractivity contribution is 5.92. The highest BCUT2D eigenvalue weighted by atomic mass is 19.1. The summed E-state index contributed by atoms with van der Waals surface area (Å²) in [5, 5.41) is 5.24. The van der Waals surface area contributed by atoms with E-state index in [-0.39, 0.29) is 36.5 Å². The van der Waals surface area contributed by atoms with Crippen LogP contribution in [-0.4, -0.2) is 24.9 Å². The van der Waals surface area contributed by atoms with E-state index in [1.54, 1.807) is 36.4 Å². The lowest BCUT2D eigenvalue weighted by Crippen LogP contribution is -2.33. The largest absolute Gasteiger partial charge is 0.351 e. The molecule has 0 aliphatic rings. The Hall–Kier alpha value is -3.28. The minimum absolute atomic E-state index is 0.267. The molecular weight excluding hydrogens is 338 g/mol. The zero-order valence-corrected chi connectivity index (χ0v) is 13.9. The second-order valence-electron chi connectivity index (χ2n) is 5.35. The molecule has 0 aliphatic heterocycles. The summed E-state index contributed by atoms with van der Waals surface area (Å²) in [6.07, 6.45) is 5.81. The molecule has 0 unspecified atom stereocenters. The number of hydrogen-bond acceptors (Lipinski definition) is 2. The molecule has 0 bridgehead atoms. The summed E-state index contributed by atoms with van der Waals surface area (Å²) in [5.41, 5.74) is 1.42. The van der Waals surface area contributed by atoms with Crippen molar-refractivity contribution in [1.29, 1.82) is 0 Å². The second kappa shape index (κ2) is 9.88. The molecular formula is C20H18F2N2O2. The van der Waals surface area contributed by atoms with Gasteiger partial charge >= 0.3 is 0 Å². The van der Waals surface area contributed by atoms with Crippen LogP contribution in [0, 0.1) is 11.6 Å². The highest BCUT2D eigenvalue weighted by Gasteiger charge is 1.98. The summed E-state index contributed by atoms with van der Waals surface area (Å²) in [6.45, 7) is 0.533. The molecule has 0 fully saturated rings. The molecule has 0 heterocycles. The van der Waals surface area contributed by atoms with Crippen molar-refractivity contribution in [1.82, 2.24) is 10.6 Å². The van der Waals surface area contributed by atoms with Crippen LogP contribution in [0.1, 0.15) is 11.1 Å². The third kappa shape index (κ3) is 7.09. The first-order valence-corrected chi connectivity index (χ1v) is 7.96. The molecule has 0 atom stereocenters. The summed E-state index contributed by atoms with van der Waals surface area (Å²) in [5.74, 6) is -1.30. The predicted molar refractivity (Wildman–Crippen MR) is 96.9 cm³/mol. The lowest BCUT2D eigenvalue weighted by molar-refractivity contribution is -0.118. The highest BCUT2D eigenvalue weighted by Crippen LogP contribution is 2.05. The number of amides is 2. The molecule has 0 saturated carbocycles. The topological polar surface area (TPSA) is 58.2 Å². The Labute approximate surface area is 150 Å². The van der Waals surface area contributed by atoms with Gasteiger partial charge in [-0.3, -0.25) is 9.59 Å². The van der Waals surface area contributed by atoms with Crippen molar-refractivity contribution >= 4 is 24.0 Å². The van der Waals surface area contributed by atoms with Crippen molar-refractivity contribution in [3.05, 3.63) is 83.4 Å². The van der Waals surface area contributed by atoms with Crippen LogP contribution in [-0.2, 0) is 9.59 Å². The van der Waals surface area contributed by atoms with Gasteiger partial charge in [0.1, 0.15) is 11.6 Å². The second-order valence-corrected chi connectivity index (χ2v) is 5.35. The Balaban J connectivity index is 1.66. The molecule has 6 heteroatoms. The van der Waals surface area contributed by atoms with Gasteiger partial charge in [0.2, 0.25) is 11.8 Å². The van der Waals surface area contributed by atoms with Gasteiger partial charge in [0, 0.05) is 25.2 Å². The van der Waals surface area contributed by atoms with E-state index in [2.05, 4.69) is 10.6 Å². The van der Waals surface area contributed by atoms with Crippen LogP contribution in [0.4, 0.5) is 8.78 Å². The minimum atomic E-state index is -0.337. The average Bonchev–Trinajstić information content (AvgIpc) is 2.64. The van der Waals surface area contributed by atoms with E-state index in [0.717, 1.165) is 0 Å². The van der Waals surface area contributed by atoms with Gasteiger partial charge in [-0.25, -0.2) is 8.78 Å². The van der Waals surface area contributed by atoms with Crippen LogP contribution >= 0.6 is 0 Å². The number of rotatable bonds is 7. The maximum atomic E-state index is 12.8. The average molecular weight is 356 g/mol. The van der Waals surface area contributed by atoms with Crippen LogP contribution in [0.15, 0.2) is 60.7 Å². The maximum Gasteiger partial charge on any atom is 0.244 e. The summed E-state index contributed by atoms with van der Waals surface area (Å²) in [6, 6.07) is 11.5. The van der Waals surface area contributed by atoms with Crippen LogP contribution < -0.4 is 10.6 Å². The smallest absolute Gasteiger partial charge is 0.244 e. The van der Waals surface area contributed by atoms with Crippen molar-refractivity contribution < 1.29 is 18.4 Å². The minimum Gasteiger partial charge on any atom is -0.351 e. The van der Waals surface area contributed by atoms with Crippen molar-refractivity contribution in [2.75, 3.05) is 13.1 Å². The number of hydrogen-bond donors (Lipinski definition) is 2. The Kier molecular flexibility index (Phi) is 7.24. The Morgan fingerprint density at radius 3 is 1.38 bits per heavy atom. The standard InChI is InChI=1S/C20H18F2N2O2/c21-17-7-1-15(2-8-17)5-11-19(25)23-13-14-24-20(26)12-6-16-3-9-18(22)10-4-16/h1-12H,13-14H2,(H,23,25)(H,24,26)/b11-5+,12-6+. The van der Waals surface area contributed by atoms with Crippen molar-refractivity contribution in [3.63, 3.8) is 0 Å². The number of carbonyl (C=O) groups is 2. The van der Waals surface area contributed by atoms with E-state index in [1.165, 1.54) is 36.4 Å². The lowest BCUT2D eigenvalue weighted by Gasteiger charge is -2.03. The van der Waals surface area contributed by atoms with Crippen LogP contribution in [0.2, 0.25) is 0 Å². The first-order valence-electron chi connectivity index (χ1n) is 7.96. The Morgan fingerprint density at radius 1 is 0.692 bits per heavy atom. The van der Waals surface area contributed by atoms with Gasteiger partial charge < -0.3 is 10.6 Å². The summed E-state index contributed by atoms with van der Waals surface area (Å²) < 4.78 is 25.5. The Bertz CT molecular complexity index is 728. The fraction of sp³-hybridized carbons (Fsp3) is 0.100. The van der Waals surface area contributed by atoms with E-state index < -0.39 is 0 Å². The number of halogens is 2. The zero-order chi connectivity index (χ0) is 18.8. The molecule has 2 aromatic rings. The molecule has 2 N–H and O–H groups in total. The molecule has 0 saturated heterocycles. The monoisotopic (exact) mass is 356 g/mol. The van der Waals surface area contributed by atoms with E-state index in [0.29, 0.717) is 11.1 Å². The number of carbonyl (C=O) groups excluding carboxylic acids is 2. The van der Waals surface area contributed by atoms with Gasteiger partial charge in [-0.15, -0.1) is 0 Å². The van der Waals surface area contributed by atoms with E-state index in [9.17, 15) is 18.4 Å². The van der Waals surface area contributed by atoms with Gasteiger partial charge in [-0.1, -0.05) is 24.3 Å². The molecule has 134 valence electrons. The number of nitrogens with one attached hydrogen (secondary N) is 2. The molecule has 2 amide bonds. The molecule has 2 aromatic carbocycles. The van der Waals surface area contributed by atoms with Crippen LogP contribution in [0.5, 0.6) is 0 Å². The van der Waals surface area contributed by atoms with Gasteiger partial charge in [-0.05, 0) is 47.5 Å². The van der Waals surface area contributed by atoms with Gasteiger partial charge in [0.15, 0.2) is 0 Å². The third-order valence-corrected chi connectivity index (χ3v) is 3.32. The predicted octanol–water partition coefficient (Wildman–Crippen LogP) is 2.92. The van der Waals surface area contributed by atoms with Crippen molar-refractivity contribution in [3.8, 4) is 0 Å². The van der Waals surface area contributed by atoms with E-state index in [4.69, 9.17) is 0 Å². The fourth-order valence-corrected chi connectivity index (χ4v) is 1.98. The van der Waals surface area contributed by atoms with Crippen molar-refractivity contribution in [2.45, 2.75) is 0 Å². The summed E-state index contributed by atoms with van der Waals surface area (Å²) in [7, 11) is 0. The number of benzene rings is 2. The normalized spacial score (nSPS) is 11.0. The van der Waals surface area contributed by atoms with E-state index in [1.807, 2.05) is 0 Å². The molecule has 4 nitrogen and oxygen atoms in total. The first kappa shape index (κ1) is 19.1. The van der Waals surface area contributed by atoms with Crippen molar-refractivity contribution in [2.24, 2.45) is 0 Å². The van der Waals surface area contributed by atoms with Crippen LogP contribution in [0.3, 0.4) is 0 Å². The maximum absolute atomic E-state index is 12.8. The molecule has 0 aliphatic carbocycles. The van der Waals surface area contributed by atoms with Gasteiger partial charge in [0.25, 0.3) is 0 Å². The molecule has 0 spiro atoms. The van der Waals surface area contributed by atoms with Gasteiger partial charge in [-0.2, -0.15) is 0 Å². The third-order valence-electron chi connectivity index (χ3n) is 3.32. The molecule has 2 rings (SSSR count). The summed E-state index contributed by atoms with van der Waals surface area (Å²) >= 11 is 0. The quantitative estimate of drug-likeness (QED) is 0.592. The lowest BCUT2D eigenvalue weighted by atomic mass is 10.2. The first-order chi connectivity index (χ1) is 12.5. The van der Waals surface area contributed by atoms with Gasteiger partial charge in [0.05, 0.1) is 0 Å². The van der Waals surface area contributed by atoms with E-state index >= 15 is 0 Å². The molecule has 0 aromatic heterocycles.